The van der Waals surface area contributed by atoms with Gasteiger partial charge in [0.1, 0.15) is 12.9 Å². The van der Waals surface area contributed by atoms with Crippen molar-refractivity contribution >= 4 is 59.8 Å². The van der Waals surface area contributed by atoms with Crippen LogP contribution in [0, 0.1) is 12.7 Å². The SMILES string of the molecule is Cc1ccc2c3ccccc3n3c4cc5c(F)cccc5c5cc[n+](C)c(c1c23)c54. The molecule has 0 amide bonds. The summed E-state index contributed by atoms with van der Waals surface area (Å²) < 4.78 is 19.5. The molecule has 0 spiro atoms. The number of pyridine rings is 2. The molecule has 0 aliphatic rings. The minimum Gasteiger partial charge on any atom is -0.307 e. The molecule has 0 atom stereocenters. The molecule has 0 unspecified atom stereocenters. The molecule has 7 aromatic rings. The maximum Gasteiger partial charge on any atom is 0.224 e. The summed E-state index contributed by atoms with van der Waals surface area (Å²) in [6, 6.07) is 22.5. The fourth-order valence-corrected chi connectivity index (χ4v) is 5.44. The molecule has 0 bridgehead atoms. The van der Waals surface area contributed by atoms with E-state index in [9.17, 15) is 4.39 Å². The lowest BCUT2D eigenvalue weighted by Crippen LogP contribution is -2.29. The van der Waals surface area contributed by atoms with Gasteiger partial charge >= 0.3 is 0 Å². The Balaban J connectivity index is 2.00. The number of nitrogens with zero attached hydrogens (tertiary/aromatic N) is 2. The predicted octanol–water partition coefficient (Wildman–Crippen LogP) is 6.42. The van der Waals surface area contributed by atoms with Gasteiger partial charge < -0.3 is 4.40 Å². The van der Waals surface area contributed by atoms with Gasteiger partial charge in [0, 0.05) is 27.6 Å². The highest BCUT2D eigenvalue weighted by atomic mass is 19.1. The predicted molar refractivity (Wildman–Crippen MR) is 122 cm³/mol. The minimum atomic E-state index is -0.178. The molecule has 7 rings (SSSR count). The third kappa shape index (κ3) is 1.73. The van der Waals surface area contributed by atoms with Gasteiger partial charge in [0.05, 0.1) is 27.3 Å². The summed E-state index contributed by atoms with van der Waals surface area (Å²) in [6.45, 7) is 2.18. The summed E-state index contributed by atoms with van der Waals surface area (Å²) in [5.74, 6) is -0.178. The van der Waals surface area contributed by atoms with E-state index in [0.717, 1.165) is 21.8 Å². The number of halogens is 1. The van der Waals surface area contributed by atoms with Gasteiger partial charge in [0.15, 0.2) is 6.20 Å². The number of benzene rings is 4. The second-order valence-corrected chi connectivity index (χ2v) is 8.30. The Morgan fingerprint density at radius 2 is 1.57 bits per heavy atom. The van der Waals surface area contributed by atoms with E-state index >= 15 is 0 Å². The summed E-state index contributed by atoms with van der Waals surface area (Å²) in [5, 5.41) is 7.63. The Morgan fingerprint density at radius 1 is 0.733 bits per heavy atom. The normalized spacial score (nSPS) is 12.5. The average Bonchev–Trinajstić information content (AvgIpc) is 3.09. The van der Waals surface area contributed by atoms with Crippen LogP contribution in [0.2, 0.25) is 0 Å². The highest BCUT2D eigenvalue weighted by molar-refractivity contribution is 6.29. The van der Waals surface area contributed by atoms with Crippen LogP contribution in [-0.4, -0.2) is 4.40 Å². The van der Waals surface area contributed by atoms with Gasteiger partial charge in [-0.15, -0.1) is 0 Å². The molecular weight excluding hydrogens is 371 g/mol. The van der Waals surface area contributed by atoms with Crippen molar-refractivity contribution in [2.75, 3.05) is 0 Å². The van der Waals surface area contributed by atoms with E-state index < -0.39 is 0 Å². The standard InChI is InChI=1S/C27H18FN2/c1-15-10-11-19-17-6-3-4-9-22(17)30-23-14-20-16(7-5-8-21(20)28)18-12-13-29(2)27(25(18)23)24(15)26(19)30/h3-14H,1-2H3/q+1. The fourth-order valence-electron chi connectivity index (χ4n) is 5.44. The molecule has 3 heterocycles. The van der Waals surface area contributed by atoms with Crippen molar-refractivity contribution in [3.63, 3.8) is 0 Å². The Hall–Kier alpha value is -3.72. The Morgan fingerprint density at radius 3 is 2.47 bits per heavy atom. The van der Waals surface area contributed by atoms with Crippen molar-refractivity contribution in [3.8, 4) is 0 Å². The summed E-state index contributed by atoms with van der Waals surface area (Å²) in [7, 11) is 2.10. The molecule has 4 aromatic carbocycles. The average molecular weight is 389 g/mol. The first-order chi connectivity index (χ1) is 14.6. The number of hydrogen-bond donors (Lipinski definition) is 0. The molecule has 0 radical (unpaired) electrons. The zero-order valence-corrected chi connectivity index (χ0v) is 16.7. The number of aromatic nitrogens is 2. The van der Waals surface area contributed by atoms with Gasteiger partial charge in [0.25, 0.3) is 0 Å². The summed E-state index contributed by atoms with van der Waals surface area (Å²) >= 11 is 0. The van der Waals surface area contributed by atoms with Crippen LogP contribution in [0.15, 0.2) is 72.9 Å². The Kier molecular flexibility index (Phi) is 2.82. The first kappa shape index (κ1) is 16.1. The van der Waals surface area contributed by atoms with E-state index in [4.69, 9.17) is 0 Å². The molecule has 0 fully saturated rings. The monoisotopic (exact) mass is 389 g/mol. The second-order valence-electron chi connectivity index (χ2n) is 8.30. The van der Waals surface area contributed by atoms with Crippen LogP contribution >= 0.6 is 0 Å². The van der Waals surface area contributed by atoms with Crippen molar-refractivity contribution in [2.24, 2.45) is 7.05 Å². The van der Waals surface area contributed by atoms with E-state index in [-0.39, 0.29) is 5.82 Å². The molecule has 142 valence electrons. The van der Waals surface area contributed by atoms with E-state index in [0.29, 0.717) is 5.39 Å². The quantitative estimate of drug-likeness (QED) is 0.161. The van der Waals surface area contributed by atoms with Gasteiger partial charge in [-0.25, -0.2) is 8.96 Å². The third-order valence-corrected chi connectivity index (χ3v) is 6.73. The lowest BCUT2D eigenvalue weighted by atomic mass is 9.96. The van der Waals surface area contributed by atoms with Gasteiger partial charge in [-0.2, -0.15) is 0 Å². The van der Waals surface area contributed by atoms with E-state index in [1.54, 1.807) is 12.1 Å². The van der Waals surface area contributed by atoms with Crippen LogP contribution in [-0.2, 0) is 7.05 Å². The lowest BCUT2D eigenvalue weighted by molar-refractivity contribution is -0.643. The van der Waals surface area contributed by atoms with Crippen molar-refractivity contribution < 1.29 is 8.96 Å². The molecule has 3 heteroatoms. The first-order valence-electron chi connectivity index (χ1n) is 10.2. The van der Waals surface area contributed by atoms with Gasteiger partial charge in [-0.05, 0) is 36.1 Å². The zero-order valence-electron chi connectivity index (χ0n) is 16.7. The molecule has 2 nitrogen and oxygen atoms in total. The smallest absolute Gasteiger partial charge is 0.224 e. The number of aryl methyl sites for hydroxylation is 2. The van der Waals surface area contributed by atoms with Crippen LogP contribution in [0.4, 0.5) is 4.39 Å². The Bertz CT molecular complexity index is 1820. The number of para-hydroxylation sites is 1. The molecular formula is C27H18FN2+. The number of hydrogen-bond acceptors (Lipinski definition) is 0. The van der Waals surface area contributed by atoms with Crippen LogP contribution in [0.1, 0.15) is 5.56 Å². The van der Waals surface area contributed by atoms with Gasteiger partial charge in [-0.3, -0.25) is 0 Å². The summed E-state index contributed by atoms with van der Waals surface area (Å²) in [5.41, 5.74) is 5.88. The highest BCUT2D eigenvalue weighted by Gasteiger charge is 2.24. The van der Waals surface area contributed by atoms with Crippen molar-refractivity contribution in [1.29, 1.82) is 0 Å². The largest absolute Gasteiger partial charge is 0.307 e. The summed E-state index contributed by atoms with van der Waals surface area (Å²) in [4.78, 5) is 0. The molecule has 0 saturated heterocycles. The zero-order chi connectivity index (χ0) is 20.1. The molecule has 3 aromatic heterocycles. The molecule has 30 heavy (non-hydrogen) atoms. The highest BCUT2D eigenvalue weighted by Crippen LogP contribution is 2.42. The number of fused-ring (bicyclic) bond motifs is 7. The molecule has 0 aliphatic heterocycles. The minimum absolute atomic E-state index is 0.178. The van der Waals surface area contributed by atoms with E-state index in [1.165, 1.54) is 38.1 Å². The van der Waals surface area contributed by atoms with Crippen molar-refractivity contribution in [1.82, 2.24) is 4.40 Å². The summed E-state index contributed by atoms with van der Waals surface area (Å²) in [6.07, 6.45) is 2.10. The molecule has 0 N–H and O–H groups in total. The molecule has 0 aliphatic carbocycles. The Labute approximate surface area is 171 Å². The van der Waals surface area contributed by atoms with Gasteiger partial charge in [-0.1, -0.05) is 42.5 Å². The lowest BCUT2D eigenvalue weighted by Gasteiger charge is -2.14. The van der Waals surface area contributed by atoms with Crippen LogP contribution in [0.5, 0.6) is 0 Å². The first-order valence-corrected chi connectivity index (χ1v) is 10.2. The van der Waals surface area contributed by atoms with Crippen molar-refractivity contribution in [2.45, 2.75) is 6.92 Å². The third-order valence-electron chi connectivity index (χ3n) is 6.73. The van der Waals surface area contributed by atoms with E-state index in [2.05, 4.69) is 71.6 Å². The maximum atomic E-state index is 14.9. The second kappa shape index (κ2) is 5.25. The number of rotatable bonds is 0. The van der Waals surface area contributed by atoms with Crippen molar-refractivity contribution in [3.05, 3.63) is 84.3 Å². The maximum absolute atomic E-state index is 14.9. The fraction of sp³-hybridized carbons (Fsp3) is 0.0741. The molecule has 0 saturated carbocycles. The van der Waals surface area contributed by atoms with Crippen LogP contribution in [0.25, 0.3) is 59.8 Å². The van der Waals surface area contributed by atoms with E-state index in [1.807, 2.05) is 12.1 Å². The van der Waals surface area contributed by atoms with Crippen LogP contribution in [0.3, 0.4) is 0 Å². The van der Waals surface area contributed by atoms with Gasteiger partial charge in [0.2, 0.25) is 5.52 Å². The van der Waals surface area contributed by atoms with Crippen LogP contribution < -0.4 is 4.57 Å². The topological polar surface area (TPSA) is 8.29 Å².